The molecular formula is C16H18ClF3N6O2S. The van der Waals surface area contributed by atoms with Crippen LogP contribution in [0.2, 0.25) is 5.02 Å². The number of morpholine rings is 1. The van der Waals surface area contributed by atoms with Crippen molar-refractivity contribution in [2.24, 2.45) is 0 Å². The Morgan fingerprint density at radius 3 is 2.69 bits per heavy atom. The molecule has 29 heavy (non-hydrogen) atoms. The molecule has 0 unspecified atom stereocenters. The summed E-state index contributed by atoms with van der Waals surface area (Å²) in [4.78, 5) is 17.9. The average Bonchev–Trinajstić information content (AvgIpc) is 3.10. The minimum Gasteiger partial charge on any atom is -0.378 e. The van der Waals surface area contributed by atoms with Crippen molar-refractivity contribution in [1.29, 1.82) is 0 Å². The summed E-state index contributed by atoms with van der Waals surface area (Å²) in [5, 5.41) is 11.0. The molecule has 1 amide bonds. The molecule has 1 saturated heterocycles. The summed E-state index contributed by atoms with van der Waals surface area (Å²) in [6, 6.07) is 0.722. The maximum absolute atomic E-state index is 12.7. The highest BCUT2D eigenvalue weighted by molar-refractivity contribution is 7.99. The van der Waals surface area contributed by atoms with Crippen molar-refractivity contribution in [3.8, 4) is 0 Å². The lowest BCUT2D eigenvalue weighted by Gasteiger charge is -2.27. The van der Waals surface area contributed by atoms with E-state index in [1.807, 2.05) is 11.5 Å². The van der Waals surface area contributed by atoms with Gasteiger partial charge < -0.3 is 15.0 Å². The lowest BCUT2D eigenvalue weighted by atomic mass is 10.3. The standard InChI is InChI=1S/C16H18ClF3N6O2S/c1-2-26-14(25-3-5-28-6-4-25)23-24-15(26)29-9-12(27)22-13-11(17)7-10(8-21-13)16(18,19)20/h7-8H,2-6,9H2,1H3,(H,21,22,27). The Morgan fingerprint density at radius 1 is 1.34 bits per heavy atom. The molecule has 0 saturated carbocycles. The van der Waals surface area contributed by atoms with E-state index < -0.39 is 17.6 Å². The van der Waals surface area contributed by atoms with Gasteiger partial charge in [-0.25, -0.2) is 4.98 Å². The van der Waals surface area contributed by atoms with E-state index in [0.29, 0.717) is 50.1 Å². The van der Waals surface area contributed by atoms with Crippen molar-refractivity contribution in [3.63, 3.8) is 0 Å². The number of nitrogens with one attached hydrogen (secondary N) is 1. The molecule has 8 nitrogen and oxygen atoms in total. The van der Waals surface area contributed by atoms with Crippen LogP contribution in [0.5, 0.6) is 0 Å². The molecular weight excluding hydrogens is 433 g/mol. The van der Waals surface area contributed by atoms with Gasteiger partial charge in [-0.2, -0.15) is 13.2 Å². The van der Waals surface area contributed by atoms with Gasteiger partial charge in [0.15, 0.2) is 11.0 Å². The highest BCUT2D eigenvalue weighted by Crippen LogP contribution is 2.32. The van der Waals surface area contributed by atoms with Crippen molar-refractivity contribution >= 4 is 41.0 Å². The van der Waals surface area contributed by atoms with Crippen LogP contribution in [0.4, 0.5) is 24.9 Å². The zero-order chi connectivity index (χ0) is 21.0. The molecule has 1 aliphatic rings. The molecule has 1 aliphatic heterocycles. The monoisotopic (exact) mass is 450 g/mol. The Bertz CT molecular complexity index is 873. The molecule has 2 aromatic rings. The molecule has 1 N–H and O–H groups in total. The molecule has 0 spiro atoms. The number of halogens is 4. The van der Waals surface area contributed by atoms with Crippen molar-refractivity contribution in [2.45, 2.75) is 24.8 Å². The normalized spacial score (nSPS) is 14.9. The van der Waals surface area contributed by atoms with Gasteiger partial charge in [0.25, 0.3) is 0 Å². The fraction of sp³-hybridized carbons (Fsp3) is 0.500. The van der Waals surface area contributed by atoms with Crippen LogP contribution in [0.25, 0.3) is 0 Å². The van der Waals surface area contributed by atoms with Gasteiger partial charge in [-0.3, -0.25) is 9.36 Å². The van der Waals surface area contributed by atoms with E-state index in [-0.39, 0.29) is 16.6 Å². The second-order valence-electron chi connectivity index (χ2n) is 6.02. The highest BCUT2D eigenvalue weighted by atomic mass is 35.5. The topological polar surface area (TPSA) is 85.2 Å². The van der Waals surface area contributed by atoms with Crippen LogP contribution in [-0.2, 0) is 22.3 Å². The van der Waals surface area contributed by atoms with Crippen LogP contribution < -0.4 is 10.2 Å². The fourth-order valence-corrected chi connectivity index (χ4v) is 3.66. The molecule has 1 fully saturated rings. The Balaban J connectivity index is 1.62. The van der Waals surface area contributed by atoms with Crippen molar-refractivity contribution in [3.05, 3.63) is 22.8 Å². The highest BCUT2D eigenvalue weighted by Gasteiger charge is 2.31. The zero-order valence-corrected chi connectivity index (χ0v) is 16.9. The Kier molecular flexibility index (Phi) is 6.85. The number of nitrogens with zero attached hydrogens (tertiary/aromatic N) is 5. The van der Waals surface area contributed by atoms with E-state index in [1.165, 1.54) is 11.8 Å². The third kappa shape index (κ3) is 5.31. The second-order valence-corrected chi connectivity index (χ2v) is 7.36. The predicted octanol–water partition coefficient (Wildman–Crippen LogP) is 2.93. The van der Waals surface area contributed by atoms with E-state index in [4.69, 9.17) is 16.3 Å². The third-order valence-electron chi connectivity index (χ3n) is 4.07. The summed E-state index contributed by atoms with van der Waals surface area (Å²) in [6.45, 7) is 5.21. The maximum Gasteiger partial charge on any atom is 0.417 e. The van der Waals surface area contributed by atoms with Gasteiger partial charge in [-0.05, 0) is 13.0 Å². The number of alkyl halides is 3. The SMILES string of the molecule is CCn1c(SCC(=O)Nc2ncc(C(F)(F)F)cc2Cl)nnc1N1CCOCC1. The molecule has 13 heteroatoms. The molecule has 2 aromatic heterocycles. The summed E-state index contributed by atoms with van der Waals surface area (Å²) in [5.41, 5.74) is -0.985. The predicted molar refractivity (Wildman–Crippen MR) is 102 cm³/mol. The third-order valence-corrected chi connectivity index (χ3v) is 5.32. The maximum atomic E-state index is 12.7. The van der Waals surface area contributed by atoms with Crippen molar-refractivity contribution in [1.82, 2.24) is 19.7 Å². The largest absolute Gasteiger partial charge is 0.417 e. The summed E-state index contributed by atoms with van der Waals surface area (Å²) < 4.78 is 45.2. The van der Waals surface area contributed by atoms with E-state index in [0.717, 1.165) is 6.07 Å². The Labute approximate surface area is 173 Å². The minimum atomic E-state index is -4.56. The van der Waals surface area contributed by atoms with Crippen molar-refractivity contribution in [2.75, 3.05) is 42.3 Å². The summed E-state index contributed by atoms with van der Waals surface area (Å²) >= 11 is 6.97. The van der Waals surface area contributed by atoms with Gasteiger partial charge in [0.05, 0.1) is 29.6 Å². The van der Waals surface area contributed by atoms with Crippen LogP contribution in [0.1, 0.15) is 12.5 Å². The Morgan fingerprint density at radius 2 is 2.07 bits per heavy atom. The van der Waals surface area contributed by atoms with E-state index in [2.05, 4.69) is 25.4 Å². The number of thioether (sulfide) groups is 1. The first kappa shape index (κ1) is 21.7. The number of anilines is 2. The van der Waals surface area contributed by atoms with Gasteiger partial charge in [-0.1, -0.05) is 23.4 Å². The van der Waals surface area contributed by atoms with Crippen LogP contribution in [-0.4, -0.2) is 57.7 Å². The summed E-state index contributed by atoms with van der Waals surface area (Å²) in [7, 11) is 0. The van der Waals surface area contributed by atoms with Crippen LogP contribution in [0.15, 0.2) is 17.4 Å². The minimum absolute atomic E-state index is 0.0275. The number of hydrogen-bond donors (Lipinski definition) is 1. The Hall–Kier alpha value is -2.05. The molecule has 0 atom stereocenters. The molecule has 0 aliphatic carbocycles. The zero-order valence-electron chi connectivity index (χ0n) is 15.4. The molecule has 158 valence electrons. The number of carbonyl (C=O) groups excluding carboxylic acids is 1. The number of amides is 1. The average molecular weight is 451 g/mol. The quantitative estimate of drug-likeness (QED) is 0.677. The summed E-state index contributed by atoms with van der Waals surface area (Å²) in [5.74, 6) is 0.0884. The first-order chi connectivity index (χ1) is 13.8. The molecule has 3 rings (SSSR count). The number of aromatic nitrogens is 4. The first-order valence-corrected chi connectivity index (χ1v) is 10.1. The molecule has 0 bridgehead atoms. The number of carbonyl (C=O) groups is 1. The van der Waals surface area contributed by atoms with Gasteiger partial charge in [-0.15, -0.1) is 10.2 Å². The van der Waals surface area contributed by atoms with Crippen LogP contribution in [0, 0.1) is 0 Å². The summed E-state index contributed by atoms with van der Waals surface area (Å²) in [6.07, 6.45) is -3.94. The number of hydrogen-bond acceptors (Lipinski definition) is 7. The number of pyridine rings is 1. The lowest BCUT2D eigenvalue weighted by Crippen LogP contribution is -2.38. The smallest absolute Gasteiger partial charge is 0.378 e. The van der Waals surface area contributed by atoms with E-state index >= 15 is 0 Å². The van der Waals surface area contributed by atoms with Gasteiger partial charge in [0.2, 0.25) is 11.9 Å². The molecule has 0 aromatic carbocycles. The van der Waals surface area contributed by atoms with E-state index in [9.17, 15) is 18.0 Å². The second kappa shape index (κ2) is 9.18. The van der Waals surface area contributed by atoms with Crippen LogP contribution in [0.3, 0.4) is 0 Å². The molecule has 3 heterocycles. The van der Waals surface area contributed by atoms with Crippen LogP contribution >= 0.6 is 23.4 Å². The lowest BCUT2D eigenvalue weighted by molar-refractivity contribution is -0.137. The first-order valence-electron chi connectivity index (χ1n) is 8.71. The molecule has 0 radical (unpaired) electrons. The van der Waals surface area contributed by atoms with Gasteiger partial charge in [0, 0.05) is 25.8 Å². The van der Waals surface area contributed by atoms with Gasteiger partial charge >= 0.3 is 6.18 Å². The number of ether oxygens (including phenoxy) is 1. The van der Waals surface area contributed by atoms with Gasteiger partial charge in [0.1, 0.15) is 0 Å². The fourth-order valence-electron chi connectivity index (χ4n) is 2.64. The van der Waals surface area contributed by atoms with Crippen molar-refractivity contribution < 1.29 is 22.7 Å². The van der Waals surface area contributed by atoms with E-state index in [1.54, 1.807) is 0 Å². The number of rotatable bonds is 6.